The van der Waals surface area contributed by atoms with E-state index in [9.17, 15) is 0 Å². The fourth-order valence-electron chi connectivity index (χ4n) is 1.95. The Hall–Kier alpha value is -0.990. The molecule has 0 amide bonds. The number of rotatable bonds is 7. The second-order valence-electron chi connectivity index (χ2n) is 4.46. The summed E-state index contributed by atoms with van der Waals surface area (Å²) < 4.78 is 0. The van der Waals surface area contributed by atoms with Gasteiger partial charge in [-0.3, -0.25) is 0 Å². The van der Waals surface area contributed by atoms with Gasteiger partial charge < -0.3 is 10.2 Å². The van der Waals surface area contributed by atoms with E-state index in [4.69, 9.17) is 11.6 Å². The number of hydrogen-bond acceptors (Lipinski definition) is 2. The van der Waals surface area contributed by atoms with Gasteiger partial charge >= 0.3 is 0 Å². The molecule has 1 unspecified atom stereocenters. The van der Waals surface area contributed by atoms with E-state index in [0.29, 0.717) is 6.04 Å². The van der Waals surface area contributed by atoms with Crippen molar-refractivity contribution in [2.45, 2.75) is 26.3 Å². The Bertz CT molecular complexity index is 390. The largest absolute Gasteiger partial charge is 0.367 e. The summed E-state index contributed by atoms with van der Waals surface area (Å²) in [4.78, 5) is 2.25. The molecule has 0 fully saturated rings. The number of nitrogens with one attached hydrogen (secondary N) is 1. The predicted octanol–water partition coefficient (Wildman–Crippen LogP) is 4.02. The first kappa shape index (κ1) is 15.1. The van der Waals surface area contributed by atoms with E-state index >= 15 is 0 Å². The lowest BCUT2D eigenvalue weighted by Gasteiger charge is -2.24. The Morgan fingerprint density at radius 1 is 1.50 bits per heavy atom. The number of hydrogen-bond donors (Lipinski definition) is 1. The minimum Gasteiger partial charge on any atom is -0.367 e. The molecule has 18 heavy (non-hydrogen) atoms. The Labute approximate surface area is 116 Å². The molecule has 0 aliphatic rings. The van der Waals surface area contributed by atoms with Crippen molar-refractivity contribution in [2.24, 2.45) is 0 Å². The highest BCUT2D eigenvalue weighted by molar-refractivity contribution is 6.33. The van der Waals surface area contributed by atoms with E-state index in [-0.39, 0.29) is 0 Å². The molecule has 0 bridgehead atoms. The molecule has 1 N–H and O–H groups in total. The summed E-state index contributed by atoms with van der Waals surface area (Å²) in [6.07, 6.45) is 3.01. The van der Waals surface area contributed by atoms with Crippen LogP contribution >= 0.6 is 11.6 Å². The maximum Gasteiger partial charge on any atom is 0.0643 e. The lowest BCUT2D eigenvalue weighted by atomic mass is 10.1. The fourth-order valence-corrected chi connectivity index (χ4v) is 2.26. The van der Waals surface area contributed by atoms with Crippen LogP contribution in [-0.4, -0.2) is 20.1 Å². The summed E-state index contributed by atoms with van der Waals surface area (Å²) in [6.45, 7) is 9.91. The number of nitrogens with zero attached hydrogens (tertiary/aromatic N) is 1. The molecule has 0 aliphatic carbocycles. The fraction of sp³-hybridized carbons (Fsp3) is 0.467. The van der Waals surface area contributed by atoms with Crippen LogP contribution in [0.25, 0.3) is 0 Å². The van der Waals surface area contributed by atoms with Gasteiger partial charge in [0.2, 0.25) is 0 Å². The van der Waals surface area contributed by atoms with Gasteiger partial charge in [-0.05, 0) is 38.1 Å². The van der Waals surface area contributed by atoms with Crippen molar-refractivity contribution >= 4 is 17.3 Å². The monoisotopic (exact) mass is 266 g/mol. The van der Waals surface area contributed by atoms with Crippen LogP contribution in [0, 0.1) is 0 Å². The highest BCUT2D eigenvalue weighted by Crippen LogP contribution is 2.29. The van der Waals surface area contributed by atoms with E-state index in [2.05, 4.69) is 42.8 Å². The smallest absolute Gasteiger partial charge is 0.0643 e. The molecular weight excluding hydrogens is 244 g/mol. The summed E-state index contributed by atoms with van der Waals surface area (Å²) in [7, 11) is 1.95. The summed E-state index contributed by atoms with van der Waals surface area (Å²) in [5.74, 6) is 0. The Morgan fingerprint density at radius 2 is 2.22 bits per heavy atom. The van der Waals surface area contributed by atoms with Crippen molar-refractivity contribution in [2.75, 3.05) is 25.0 Å². The van der Waals surface area contributed by atoms with Crippen molar-refractivity contribution < 1.29 is 0 Å². The zero-order chi connectivity index (χ0) is 13.5. The molecule has 1 atom stereocenters. The minimum absolute atomic E-state index is 0.315. The molecule has 0 saturated carbocycles. The molecule has 0 heterocycles. The Kier molecular flexibility index (Phi) is 6.23. The minimum atomic E-state index is 0.315. The third-order valence-corrected chi connectivity index (χ3v) is 3.39. The molecule has 2 nitrogen and oxygen atoms in total. The van der Waals surface area contributed by atoms with E-state index in [1.54, 1.807) is 0 Å². The summed E-state index contributed by atoms with van der Waals surface area (Å²) in [5.41, 5.74) is 2.30. The molecule has 100 valence electrons. The predicted molar refractivity (Wildman–Crippen MR) is 81.6 cm³/mol. The van der Waals surface area contributed by atoms with Crippen molar-refractivity contribution in [3.05, 3.63) is 41.4 Å². The van der Waals surface area contributed by atoms with Crippen molar-refractivity contribution in [3.63, 3.8) is 0 Å². The topological polar surface area (TPSA) is 15.3 Å². The van der Waals surface area contributed by atoms with Crippen molar-refractivity contribution in [3.8, 4) is 0 Å². The first-order chi connectivity index (χ1) is 8.63. The molecule has 1 rings (SSSR count). The molecular formula is C15H23ClN2. The highest BCUT2D eigenvalue weighted by Gasteiger charge is 2.11. The van der Waals surface area contributed by atoms with Crippen LogP contribution in [0.1, 0.15) is 31.9 Å². The Morgan fingerprint density at radius 3 is 2.72 bits per heavy atom. The van der Waals surface area contributed by atoms with Crippen LogP contribution in [0.15, 0.2) is 30.9 Å². The number of halogens is 1. The molecule has 1 aromatic rings. The number of anilines is 1. The maximum absolute atomic E-state index is 6.39. The van der Waals surface area contributed by atoms with E-state index < -0.39 is 0 Å². The van der Waals surface area contributed by atoms with Gasteiger partial charge in [0, 0.05) is 19.1 Å². The van der Waals surface area contributed by atoms with Gasteiger partial charge in [-0.15, -0.1) is 6.58 Å². The Balaban J connectivity index is 2.98. The third-order valence-electron chi connectivity index (χ3n) is 3.09. The first-order valence-corrected chi connectivity index (χ1v) is 6.84. The maximum atomic E-state index is 6.39. The normalized spacial score (nSPS) is 12.2. The zero-order valence-corrected chi connectivity index (χ0v) is 12.3. The van der Waals surface area contributed by atoms with Crippen molar-refractivity contribution in [1.82, 2.24) is 5.32 Å². The SMILES string of the molecule is C=CCN(CCC)c1ccc(C(C)NC)cc1Cl. The first-order valence-electron chi connectivity index (χ1n) is 6.46. The van der Waals surface area contributed by atoms with E-state index in [0.717, 1.165) is 30.2 Å². The van der Waals surface area contributed by atoms with E-state index in [1.165, 1.54) is 5.56 Å². The number of benzene rings is 1. The molecule has 0 saturated heterocycles. The van der Waals surface area contributed by atoms with Gasteiger partial charge in [0.15, 0.2) is 0 Å². The average Bonchev–Trinajstić information content (AvgIpc) is 2.37. The molecule has 3 heteroatoms. The van der Waals surface area contributed by atoms with Crippen LogP contribution in [0.2, 0.25) is 5.02 Å². The van der Waals surface area contributed by atoms with Crippen LogP contribution in [-0.2, 0) is 0 Å². The lowest BCUT2D eigenvalue weighted by molar-refractivity contribution is 0.652. The quantitative estimate of drug-likeness (QED) is 0.750. The molecule has 0 aliphatic heterocycles. The van der Waals surface area contributed by atoms with E-state index in [1.807, 2.05) is 19.2 Å². The molecule has 1 aromatic carbocycles. The second-order valence-corrected chi connectivity index (χ2v) is 4.86. The summed E-state index contributed by atoms with van der Waals surface area (Å²) >= 11 is 6.39. The summed E-state index contributed by atoms with van der Waals surface area (Å²) in [5, 5.41) is 4.03. The zero-order valence-electron chi connectivity index (χ0n) is 11.5. The van der Waals surface area contributed by atoms with Gasteiger partial charge in [-0.25, -0.2) is 0 Å². The summed E-state index contributed by atoms with van der Waals surface area (Å²) in [6, 6.07) is 6.60. The third kappa shape index (κ3) is 3.76. The van der Waals surface area contributed by atoms with Gasteiger partial charge in [0.25, 0.3) is 0 Å². The van der Waals surface area contributed by atoms with Crippen LogP contribution in [0.4, 0.5) is 5.69 Å². The lowest BCUT2D eigenvalue weighted by Crippen LogP contribution is -2.24. The molecule has 0 aromatic heterocycles. The molecule has 0 spiro atoms. The van der Waals surface area contributed by atoms with Crippen LogP contribution in [0.5, 0.6) is 0 Å². The highest BCUT2D eigenvalue weighted by atomic mass is 35.5. The van der Waals surface area contributed by atoms with Crippen LogP contribution in [0.3, 0.4) is 0 Å². The van der Waals surface area contributed by atoms with Gasteiger partial charge in [-0.1, -0.05) is 30.7 Å². The van der Waals surface area contributed by atoms with Gasteiger partial charge in [0.1, 0.15) is 0 Å². The van der Waals surface area contributed by atoms with Crippen molar-refractivity contribution in [1.29, 1.82) is 0 Å². The van der Waals surface area contributed by atoms with Crippen LogP contribution < -0.4 is 10.2 Å². The van der Waals surface area contributed by atoms with Gasteiger partial charge in [0.05, 0.1) is 10.7 Å². The van der Waals surface area contributed by atoms with Gasteiger partial charge in [-0.2, -0.15) is 0 Å². The standard InChI is InChI=1S/C15H23ClN2/c1-5-9-18(10-6-2)15-8-7-13(11-14(15)16)12(3)17-4/h5,7-8,11-12,17H,1,6,9-10H2,2-4H3. The second kappa shape index (κ2) is 7.45. The average molecular weight is 267 g/mol. The molecule has 0 radical (unpaired) electrons.